The number of halogens is 2. The van der Waals surface area contributed by atoms with Gasteiger partial charge in [0, 0.05) is 36.0 Å². The summed E-state index contributed by atoms with van der Waals surface area (Å²) in [6, 6.07) is 9.58. The van der Waals surface area contributed by atoms with Crippen LogP contribution >= 0.6 is 0 Å². The second-order valence-electron chi connectivity index (χ2n) is 10.1. The summed E-state index contributed by atoms with van der Waals surface area (Å²) >= 11 is 0. The summed E-state index contributed by atoms with van der Waals surface area (Å²) in [6.07, 6.45) is 3.61. The lowest BCUT2D eigenvalue weighted by atomic mass is 9.71. The number of carbonyl (C=O) groups excluding carboxylic acids is 1. The lowest BCUT2D eigenvalue weighted by Gasteiger charge is -2.37. The number of nitrogens with one attached hydrogen (secondary N) is 1. The monoisotopic (exact) mass is 481 g/mol. The van der Waals surface area contributed by atoms with E-state index in [0.29, 0.717) is 31.2 Å². The standard InChI is InChI=1S/C27H33F2N5O/c1-18-19(2)25(33-32-24(18)21-5-3-20(15-30)4-6-21)34-13-9-23(10-14-34)31-26(35)22-7-11-27(16-28,17-29)12-8-22/h3-6,22-23H,7-14,16-17H2,1-2H3,(H,31,35). The molecule has 2 aliphatic rings. The van der Waals surface area contributed by atoms with Crippen molar-refractivity contribution in [2.75, 3.05) is 31.3 Å². The van der Waals surface area contributed by atoms with Crippen LogP contribution in [0.3, 0.4) is 0 Å². The Morgan fingerprint density at radius 3 is 2.26 bits per heavy atom. The van der Waals surface area contributed by atoms with Gasteiger partial charge in [-0.25, -0.2) is 0 Å². The molecular formula is C27H33F2N5O. The van der Waals surface area contributed by atoms with Crippen LogP contribution < -0.4 is 10.2 Å². The van der Waals surface area contributed by atoms with Crippen LogP contribution in [-0.2, 0) is 4.79 Å². The number of alkyl halides is 2. The van der Waals surface area contributed by atoms with Crippen LogP contribution in [0.5, 0.6) is 0 Å². The summed E-state index contributed by atoms with van der Waals surface area (Å²) in [7, 11) is 0. The normalized spacial score (nSPS) is 18.8. The lowest BCUT2D eigenvalue weighted by Crippen LogP contribution is -2.47. The van der Waals surface area contributed by atoms with E-state index in [1.165, 1.54) is 0 Å². The predicted octanol–water partition coefficient (Wildman–Crippen LogP) is 4.83. The Balaban J connectivity index is 1.33. The van der Waals surface area contributed by atoms with E-state index in [4.69, 9.17) is 5.26 Å². The Morgan fingerprint density at radius 1 is 1.06 bits per heavy atom. The van der Waals surface area contributed by atoms with Crippen molar-refractivity contribution in [2.24, 2.45) is 11.3 Å². The number of benzene rings is 1. The largest absolute Gasteiger partial charge is 0.355 e. The average Bonchev–Trinajstić information content (AvgIpc) is 2.91. The van der Waals surface area contributed by atoms with Crippen LogP contribution in [0.1, 0.15) is 55.2 Å². The van der Waals surface area contributed by atoms with Gasteiger partial charge in [-0.1, -0.05) is 12.1 Å². The van der Waals surface area contributed by atoms with Gasteiger partial charge in [0.2, 0.25) is 5.91 Å². The number of nitrogens with zero attached hydrogens (tertiary/aromatic N) is 4. The summed E-state index contributed by atoms with van der Waals surface area (Å²) in [5.74, 6) is 0.740. The zero-order chi connectivity index (χ0) is 25.0. The molecule has 0 radical (unpaired) electrons. The summed E-state index contributed by atoms with van der Waals surface area (Å²) in [5.41, 5.74) is 3.63. The molecule has 1 saturated carbocycles. The first-order valence-electron chi connectivity index (χ1n) is 12.4. The summed E-state index contributed by atoms with van der Waals surface area (Å²) in [5, 5.41) is 21.2. The Morgan fingerprint density at radius 2 is 1.69 bits per heavy atom. The van der Waals surface area contributed by atoms with Gasteiger partial charge in [-0.15, -0.1) is 10.2 Å². The Kier molecular flexibility index (Phi) is 7.63. The fourth-order valence-corrected chi connectivity index (χ4v) is 5.22. The molecule has 2 heterocycles. The van der Waals surface area contributed by atoms with Crippen molar-refractivity contribution in [3.8, 4) is 17.3 Å². The third kappa shape index (κ3) is 5.29. The molecule has 0 unspecified atom stereocenters. The molecular weight excluding hydrogens is 448 g/mol. The average molecular weight is 482 g/mol. The molecule has 1 aliphatic heterocycles. The molecule has 4 rings (SSSR count). The molecule has 6 nitrogen and oxygen atoms in total. The second-order valence-corrected chi connectivity index (χ2v) is 10.1. The molecule has 1 aromatic heterocycles. The number of rotatable bonds is 6. The van der Waals surface area contributed by atoms with Gasteiger partial charge in [0.05, 0.1) is 30.7 Å². The molecule has 186 valence electrons. The fraction of sp³-hybridized carbons (Fsp3) is 0.556. The highest BCUT2D eigenvalue weighted by atomic mass is 19.1. The molecule has 35 heavy (non-hydrogen) atoms. The number of anilines is 1. The molecule has 8 heteroatoms. The van der Waals surface area contributed by atoms with E-state index in [0.717, 1.165) is 54.1 Å². The van der Waals surface area contributed by atoms with Crippen molar-refractivity contribution in [1.82, 2.24) is 15.5 Å². The third-order valence-electron chi connectivity index (χ3n) is 7.91. The number of piperidine rings is 1. The minimum Gasteiger partial charge on any atom is -0.355 e. The molecule has 1 aromatic carbocycles. The molecule has 2 fully saturated rings. The van der Waals surface area contributed by atoms with Gasteiger partial charge >= 0.3 is 0 Å². The maximum absolute atomic E-state index is 13.2. The minimum absolute atomic E-state index is 0.0216. The van der Waals surface area contributed by atoms with Crippen molar-refractivity contribution in [3.63, 3.8) is 0 Å². The first kappa shape index (κ1) is 25.0. The minimum atomic E-state index is -0.866. The van der Waals surface area contributed by atoms with Crippen molar-refractivity contribution in [3.05, 3.63) is 41.0 Å². The SMILES string of the molecule is Cc1c(-c2ccc(C#N)cc2)nnc(N2CCC(NC(=O)C3CCC(CF)(CF)CC3)CC2)c1C. The zero-order valence-corrected chi connectivity index (χ0v) is 20.5. The van der Waals surface area contributed by atoms with Crippen LogP contribution in [0.15, 0.2) is 24.3 Å². The smallest absolute Gasteiger partial charge is 0.223 e. The number of aromatic nitrogens is 2. The van der Waals surface area contributed by atoms with Crippen molar-refractivity contribution < 1.29 is 13.6 Å². The third-order valence-corrected chi connectivity index (χ3v) is 7.91. The summed E-state index contributed by atoms with van der Waals surface area (Å²) < 4.78 is 26.5. The van der Waals surface area contributed by atoms with Gasteiger partial charge < -0.3 is 10.2 Å². The fourth-order valence-electron chi connectivity index (χ4n) is 5.22. The Labute approximate surface area is 205 Å². The molecule has 0 spiro atoms. The van der Waals surface area contributed by atoms with Gasteiger partial charge in [0.15, 0.2) is 5.82 Å². The number of amides is 1. The van der Waals surface area contributed by atoms with Crippen LogP contribution in [0.4, 0.5) is 14.6 Å². The van der Waals surface area contributed by atoms with Gasteiger partial charge in [-0.2, -0.15) is 5.26 Å². The van der Waals surface area contributed by atoms with Crippen LogP contribution in [0.25, 0.3) is 11.3 Å². The van der Waals surface area contributed by atoms with Crippen LogP contribution in [0, 0.1) is 36.5 Å². The molecule has 0 bridgehead atoms. The molecule has 1 saturated heterocycles. The number of hydrogen-bond acceptors (Lipinski definition) is 5. The molecule has 1 N–H and O–H groups in total. The Hall–Kier alpha value is -3.08. The highest BCUT2D eigenvalue weighted by Gasteiger charge is 2.38. The molecule has 1 aliphatic carbocycles. The first-order chi connectivity index (χ1) is 16.9. The van der Waals surface area contributed by atoms with E-state index in [2.05, 4.69) is 33.4 Å². The van der Waals surface area contributed by atoms with Gasteiger partial charge in [0.25, 0.3) is 0 Å². The van der Waals surface area contributed by atoms with E-state index in [1.807, 2.05) is 19.1 Å². The van der Waals surface area contributed by atoms with Crippen molar-refractivity contribution >= 4 is 11.7 Å². The number of nitriles is 1. The number of carbonyl (C=O) groups is 1. The second kappa shape index (κ2) is 10.7. The quantitative estimate of drug-likeness (QED) is 0.639. The van der Waals surface area contributed by atoms with Crippen LogP contribution in [0.2, 0.25) is 0 Å². The van der Waals surface area contributed by atoms with Crippen molar-refractivity contribution in [2.45, 2.75) is 58.4 Å². The van der Waals surface area contributed by atoms with E-state index in [-0.39, 0.29) is 17.9 Å². The van der Waals surface area contributed by atoms with E-state index in [9.17, 15) is 13.6 Å². The zero-order valence-electron chi connectivity index (χ0n) is 20.5. The van der Waals surface area contributed by atoms with Crippen LogP contribution in [-0.4, -0.2) is 48.6 Å². The van der Waals surface area contributed by atoms with E-state index >= 15 is 0 Å². The summed E-state index contributed by atoms with van der Waals surface area (Å²) in [6.45, 7) is 4.34. The Bertz CT molecular complexity index is 1080. The lowest BCUT2D eigenvalue weighted by molar-refractivity contribution is -0.128. The first-order valence-corrected chi connectivity index (χ1v) is 12.4. The highest BCUT2D eigenvalue weighted by Crippen LogP contribution is 2.40. The maximum atomic E-state index is 13.2. The van der Waals surface area contributed by atoms with Crippen molar-refractivity contribution in [1.29, 1.82) is 5.26 Å². The topological polar surface area (TPSA) is 81.9 Å². The highest BCUT2D eigenvalue weighted by molar-refractivity contribution is 5.79. The van der Waals surface area contributed by atoms with Gasteiger partial charge in [-0.05, 0) is 75.6 Å². The maximum Gasteiger partial charge on any atom is 0.223 e. The molecule has 0 atom stereocenters. The molecule has 1 amide bonds. The summed E-state index contributed by atoms with van der Waals surface area (Å²) in [4.78, 5) is 15.0. The van der Waals surface area contributed by atoms with Gasteiger partial charge in [0.1, 0.15) is 0 Å². The van der Waals surface area contributed by atoms with E-state index in [1.54, 1.807) is 12.1 Å². The van der Waals surface area contributed by atoms with Gasteiger partial charge in [-0.3, -0.25) is 13.6 Å². The predicted molar refractivity (Wildman–Crippen MR) is 131 cm³/mol. The van der Waals surface area contributed by atoms with E-state index < -0.39 is 18.8 Å². The molecule has 2 aromatic rings. The number of hydrogen-bond donors (Lipinski definition) is 1.